The van der Waals surface area contributed by atoms with E-state index in [9.17, 15) is 0 Å². The maximum atomic E-state index is 2.41. The smallest absolute Gasteiger partial charge is 0.00664 e. The lowest BCUT2D eigenvalue weighted by molar-refractivity contribution is 0.606. The van der Waals surface area contributed by atoms with E-state index in [1.807, 2.05) is 0 Å². The van der Waals surface area contributed by atoms with Crippen LogP contribution in [0.5, 0.6) is 0 Å². The van der Waals surface area contributed by atoms with E-state index in [4.69, 9.17) is 0 Å². The molecule has 0 heteroatoms. The van der Waals surface area contributed by atoms with Crippen LogP contribution in [-0.4, -0.2) is 0 Å². The highest BCUT2D eigenvalue weighted by Gasteiger charge is 2.15. The molecule has 0 saturated carbocycles. The third-order valence-electron chi connectivity index (χ3n) is 6.14. The summed E-state index contributed by atoms with van der Waals surface area (Å²) in [5.41, 5.74) is 6.19. The molecule has 1 atom stereocenters. The van der Waals surface area contributed by atoms with Gasteiger partial charge in [0.15, 0.2) is 0 Å². The highest BCUT2D eigenvalue weighted by Crippen LogP contribution is 2.31. The van der Waals surface area contributed by atoms with Crippen molar-refractivity contribution in [1.29, 1.82) is 0 Å². The maximum absolute atomic E-state index is 2.41. The Bertz CT molecular complexity index is 655. The largest absolute Gasteiger partial charge is 0.0654 e. The minimum absolute atomic E-state index is 0.485. The van der Waals surface area contributed by atoms with Gasteiger partial charge in [0.2, 0.25) is 0 Å². The molecule has 0 saturated heterocycles. The van der Waals surface area contributed by atoms with Crippen molar-refractivity contribution in [2.24, 2.45) is 0 Å². The van der Waals surface area contributed by atoms with Gasteiger partial charge in [-0.2, -0.15) is 0 Å². The molecule has 0 aliphatic heterocycles. The number of aryl methyl sites for hydroxylation is 2. The van der Waals surface area contributed by atoms with Gasteiger partial charge >= 0.3 is 0 Å². The minimum Gasteiger partial charge on any atom is -0.0654 e. The normalized spacial score (nSPS) is 12.2. The zero-order chi connectivity index (χ0) is 20.0. The molecule has 0 heterocycles. The zero-order valence-electron chi connectivity index (χ0n) is 18.7. The van der Waals surface area contributed by atoms with Gasteiger partial charge in [0.25, 0.3) is 0 Å². The van der Waals surface area contributed by atoms with Gasteiger partial charge in [-0.3, -0.25) is 0 Å². The number of unbranched alkanes of at least 4 members (excludes halogenated alkanes) is 8. The third-order valence-corrected chi connectivity index (χ3v) is 6.14. The van der Waals surface area contributed by atoms with E-state index < -0.39 is 0 Å². The van der Waals surface area contributed by atoms with Gasteiger partial charge in [-0.1, -0.05) is 121 Å². The maximum Gasteiger partial charge on any atom is 0.00664 e. The minimum atomic E-state index is 0.485. The summed E-state index contributed by atoms with van der Waals surface area (Å²) in [5.74, 6) is 0.485. The van der Waals surface area contributed by atoms with E-state index in [0.29, 0.717) is 5.92 Å². The molecule has 0 N–H and O–H groups in total. The number of benzene rings is 2. The Balaban J connectivity index is 2.03. The second kappa shape index (κ2) is 13.6. The van der Waals surface area contributed by atoms with Gasteiger partial charge in [0.05, 0.1) is 0 Å². The third kappa shape index (κ3) is 7.46. The SMILES string of the molecule is CCCCCCCCc1ccccc1C(C)c1ccccc1CCCCCC. The van der Waals surface area contributed by atoms with Crippen LogP contribution < -0.4 is 0 Å². The molecular formula is C28H42. The molecule has 2 aromatic carbocycles. The van der Waals surface area contributed by atoms with E-state index in [-0.39, 0.29) is 0 Å². The van der Waals surface area contributed by atoms with Crippen LogP contribution in [0.3, 0.4) is 0 Å². The first-order valence-electron chi connectivity index (χ1n) is 11.9. The zero-order valence-corrected chi connectivity index (χ0v) is 18.7. The topological polar surface area (TPSA) is 0 Å². The van der Waals surface area contributed by atoms with Crippen LogP contribution in [-0.2, 0) is 12.8 Å². The summed E-state index contributed by atoms with van der Waals surface area (Å²) in [6.45, 7) is 6.99. The summed E-state index contributed by atoms with van der Waals surface area (Å²) in [6.07, 6.45) is 16.0. The lowest BCUT2D eigenvalue weighted by Crippen LogP contribution is -2.05. The van der Waals surface area contributed by atoms with E-state index in [1.54, 1.807) is 11.1 Å². The summed E-state index contributed by atoms with van der Waals surface area (Å²) in [5, 5.41) is 0. The fourth-order valence-corrected chi connectivity index (χ4v) is 4.37. The molecule has 28 heavy (non-hydrogen) atoms. The molecule has 0 amide bonds. The van der Waals surface area contributed by atoms with Gasteiger partial charge in [0.1, 0.15) is 0 Å². The second-order valence-corrected chi connectivity index (χ2v) is 8.45. The Morgan fingerprint density at radius 3 is 1.43 bits per heavy atom. The number of hydrogen-bond donors (Lipinski definition) is 0. The van der Waals surface area contributed by atoms with Gasteiger partial charge < -0.3 is 0 Å². The fourth-order valence-electron chi connectivity index (χ4n) is 4.37. The quantitative estimate of drug-likeness (QED) is 0.288. The molecule has 154 valence electrons. The monoisotopic (exact) mass is 378 g/mol. The van der Waals surface area contributed by atoms with Gasteiger partial charge in [-0.25, -0.2) is 0 Å². The first-order valence-corrected chi connectivity index (χ1v) is 11.9. The van der Waals surface area contributed by atoms with Crippen LogP contribution in [0.25, 0.3) is 0 Å². The van der Waals surface area contributed by atoms with Gasteiger partial charge in [0, 0.05) is 5.92 Å². The van der Waals surface area contributed by atoms with E-state index in [2.05, 4.69) is 69.3 Å². The van der Waals surface area contributed by atoms with Crippen molar-refractivity contribution in [1.82, 2.24) is 0 Å². The van der Waals surface area contributed by atoms with E-state index >= 15 is 0 Å². The Morgan fingerprint density at radius 2 is 0.929 bits per heavy atom. The van der Waals surface area contributed by atoms with Gasteiger partial charge in [-0.15, -0.1) is 0 Å². The van der Waals surface area contributed by atoms with Crippen molar-refractivity contribution < 1.29 is 0 Å². The average Bonchev–Trinajstić information content (AvgIpc) is 2.74. The van der Waals surface area contributed by atoms with Crippen LogP contribution in [0.4, 0.5) is 0 Å². The Hall–Kier alpha value is -1.56. The van der Waals surface area contributed by atoms with Crippen molar-refractivity contribution in [2.45, 2.75) is 104 Å². The van der Waals surface area contributed by atoms with Crippen molar-refractivity contribution in [3.8, 4) is 0 Å². The molecule has 0 nitrogen and oxygen atoms in total. The summed E-state index contributed by atoms with van der Waals surface area (Å²) < 4.78 is 0. The van der Waals surface area contributed by atoms with Crippen LogP contribution in [0.2, 0.25) is 0 Å². The summed E-state index contributed by atoms with van der Waals surface area (Å²) in [4.78, 5) is 0. The Labute approximate surface area is 174 Å². The Kier molecular flexibility index (Phi) is 11.0. The molecule has 0 fully saturated rings. The molecule has 0 radical (unpaired) electrons. The average molecular weight is 379 g/mol. The molecule has 0 bridgehead atoms. The lowest BCUT2D eigenvalue weighted by atomic mass is 9.84. The molecule has 2 rings (SSSR count). The van der Waals surface area contributed by atoms with Crippen LogP contribution in [0, 0.1) is 0 Å². The number of hydrogen-bond acceptors (Lipinski definition) is 0. The molecule has 0 aliphatic carbocycles. The molecule has 2 aromatic rings. The van der Waals surface area contributed by atoms with Crippen molar-refractivity contribution in [3.05, 3.63) is 70.8 Å². The van der Waals surface area contributed by atoms with E-state index in [1.165, 1.54) is 88.2 Å². The van der Waals surface area contributed by atoms with Gasteiger partial charge in [-0.05, 0) is 47.9 Å². The first-order chi connectivity index (χ1) is 13.8. The predicted octanol–water partition coefficient (Wildman–Crippen LogP) is 8.86. The van der Waals surface area contributed by atoms with Crippen LogP contribution in [0.1, 0.15) is 113 Å². The predicted molar refractivity (Wildman–Crippen MR) is 125 cm³/mol. The van der Waals surface area contributed by atoms with Crippen LogP contribution in [0.15, 0.2) is 48.5 Å². The molecule has 0 aliphatic rings. The second-order valence-electron chi connectivity index (χ2n) is 8.45. The fraction of sp³-hybridized carbons (Fsp3) is 0.571. The Morgan fingerprint density at radius 1 is 0.536 bits per heavy atom. The summed E-state index contributed by atoms with van der Waals surface area (Å²) >= 11 is 0. The van der Waals surface area contributed by atoms with Crippen molar-refractivity contribution in [3.63, 3.8) is 0 Å². The summed E-state index contributed by atoms with van der Waals surface area (Å²) in [6, 6.07) is 18.3. The standard InChI is InChI=1S/C28H42/c1-4-6-8-10-11-13-19-26-21-15-17-23-28(26)24(3)27-22-16-14-20-25(27)18-12-9-7-5-2/h14-17,20-24H,4-13,18-19H2,1-3H3. The highest BCUT2D eigenvalue weighted by molar-refractivity contribution is 5.41. The van der Waals surface area contributed by atoms with Crippen LogP contribution >= 0.6 is 0 Å². The number of rotatable bonds is 14. The van der Waals surface area contributed by atoms with E-state index in [0.717, 1.165) is 0 Å². The van der Waals surface area contributed by atoms with Crippen molar-refractivity contribution >= 4 is 0 Å². The summed E-state index contributed by atoms with van der Waals surface area (Å²) in [7, 11) is 0. The molecule has 0 spiro atoms. The molecule has 1 unspecified atom stereocenters. The molecule has 0 aromatic heterocycles. The lowest BCUT2D eigenvalue weighted by Gasteiger charge is -2.20. The molecular weight excluding hydrogens is 336 g/mol. The first kappa shape index (κ1) is 22.7. The van der Waals surface area contributed by atoms with Crippen molar-refractivity contribution in [2.75, 3.05) is 0 Å². The highest BCUT2D eigenvalue weighted by atomic mass is 14.2.